The van der Waals surface area contributed by atoms with Gasteiger partial charge in [-0.3, -0.25) is 4.98 Å². The average Bonchev–Trinajstić information content (AvgIpc) is 3.31. The molecule has 6 heteroatoms. The molecule has 3 aromatic heterocycles. The highest BCUT2D eigenvalue weighted by Gasteiger charge is 2.67. The smallest absolute Gasteiger partial charge is 0.164 e. The summed E-state index contributed by atoms with van der Waals surface area (Å²) in [6.45, 7) is 0. The molecule has 3 aliphatic rings. The van der Waals surface area contributed by atoms with Crippen molar-refractivity contribution in [2.45, 2.75) is 18.8 Å². The van der Waals surface area contributed by atoms with Gasteiger partial charge in [0.1, 0.15) is 0 Å². The lowest BCUT2D eigenvalue weighted by Crippen LogP contribution is -2.65. The highest BCUT2D eigenvalue weighted by Crippen LogP contribution is 2.75. The van der Waals surface area contributed by atoms with Crippen molar-refractivity contribution in [3.63, 3.8) is 0 Å². The van der Waals surface area contributed by atoms with Gasteiger partial charge in [-0.2, -0.15) is 0 Å². The molecule has 0 spiro atoms. The molecule has 3 aliphatic carbocycles. The molecule has 6 aromatic carbocycles. The van der Waals surface area contributed by atoms with Gasteiger partial charge in [-0.05, 0) is 94.7 Å². The van der Waals surface area contributed by atoms with Crippen molar-refractivity contribution in [2.24, 2.45) is 23.7 Å². The summed E-state index contributed by atoms with van der Waals surface area (Å²) in [6.07, 6.45) is 6.53. The summed E-state index contributed by atoms with van der Waals surface area (Å²) in [4.78, 5) is 29.7. The zero-order chi connectivity index (χ0) is 38.9. The maximum atomic E-state index is 5.20. The molecule has 3 heterocycles. The van der Waals surface area contributed by atoms with Crippen LogP contribution >= 0.6 is 0 Å². The van der Waals surface area contributed by atoms with Gasteiger partial charge in [0.25, 0.3) is 0 Å². The Kier molecular flexibility index (Phi) is 7.90. The van der Waals surface area contributed by atoms with Gasteiger partial charge in [-0.15, -0.1) is 0 Å². The topological polar surface area (TPSA) is 77.3 Å². The molecule has 6 nitrogen and oxygen atoms in total. The summed E-state index contributed by atoms with van der Waals surface area (Å²) >= 11 is 0. The highest BCUT2D eigenvalue weighted by molar-refractivity contribution is 5.90. The number of hydrogen-bond acceptors (Lipinski definition) is 6. The molecular weight excluding hydrogens is 721 g/mol. The van der Waals surface area contributed by atoms with Crippen LogP contribution in [0.5, 0.6) is 0 Å². The van der Waals surface area contributed by atoms with E-state index in [4.69, 9.17) is 24.9 Å². The standard InChI is InChI=1S/C53H38N6/c1-3-9-32(10-4-1)46-30-47(56-50(55-46)35-18-16-33(17-19-35)48-44-28-43-29-45(48)49(43)44)39-22-20-38-27-41(23-21-37(38)25-39)53-58-51(34-11-5-2-6-12-34)57-52(59-53)40-14-7-13-36(26-40)42-15-8-24-54-31-42/h1-27,30-31,43-45,48-49H,28-29H2. The monoisotopic (exact) mass is 758 g/mol. The lowest BCUT2D eigenvalue weighted by atomic mass is 9.31. The van der Waals surface area contributed by atoms with Crippen molar-refractivity contribution in [1.29, 1.82) is 0 Å². The number of fused-ring (bicyclic) bond motifs is 1. The van der Waals surface area contributed by atoms with E-state index in [2.05, 4.69) is 114 Å². The van der Waals surface area contributed by atoms with Gasteiger partial charge in [0.15, 0.2) is 23.3 Å². The molecule has 2 unspecified atom stereocenters. The van der Waals surface area contributed by atoms with Crippen LogP contribution in [-0.2, 0) is 0 Å². The number of aromatic nitrogens is 6. The molecular formula is C53H38N6. The maximum absolute atomic E-state index is 5.20. The number of nitrogens with zero attached hydrogens (tertiary/aromatic N) is 6. The van der Waals surface area contributed by atoms with Gasteiger partial charge in [-0.25, -0.2) is 24.9 Å². The van der Waals surface area contributed by atoms with Crippen molar-refractivity contribution < 1.29 is 0 Å². The number of rotatable bonds is 8. The molecule has 59 heavy (non-hydrogen) atoms. The van der Waals surface area contributed by atoms with Crippen LogP contribution in [0.2, 0.25) is 0 Å². The second-order valence-corrected chi connectivity index (χ2v) is 16.4. The first-order valence-electron chi connectivity index (χ1n) is 20.6. The summed E-state index contributed by atoms with van der Waals surface area (Å²) in [5.41, 5.74) is 11.3. The first-order valence-corrected chi connectivity index (χ1v) is 20.6. The number of pyridine rings is 1. The summed E-state index contributed by atoms with van der Waals surface area (Å²) in [5, 5.41) is 2.19. The van der Waals surface area contributed by atoms with Crippen molar-refractivity contribution in [1.82, 2.24) is 29.9 Å². The number of hydrogen-bond donors (Lipinski definition) is 0. The van der Waals surface area contributed by atoms with Crippen LogP contribution in [0.3, 0.4) is 0 Å². The molecule has 2 atom stereocenters. The second kappa shape index (κ2) is 13.7. The third-order valence-corrected chi connectivity index (χ3v) is 13.1. The normalized spacial score (nSPS) is 19.9. The molecule has 3 fully saturated rings. The third kappa shape index (κ3) is 5.94. The Morgan fingerprint density at radius 3 is 1.56 bits per heavy atom. The largest absolute Gasteiger partial charge is 0.264 e. The molecule has 0 bridgehead atoms. The molecule has 3 saturated carbocycles. The van der Waals surface area contributed by atoms with Crippen LogP contribution in [-0.4, -0.2) is 29.9 Å². The van der Waals surface area contributed by atoms with Crippen molar-refractivity contribution >= 4 is 10.8 Å². The quantitative estimate of drug-likeness (QED) is 0.154. The Morgan fingerprint density at radius 1 is 0.373 bits per heavy atom. The van der Waals surface area contributed by atoms with Crippen LogP contribution in [0, 0.1) is 23.7 Å². The molecule has 0 N–H and O–H groups in total. The van der Waals surface area contributed by atoms with E-state index in [9.17, 15) is 0 Å². The van der Waals surface area contributed by atoms with E-state index in [-0.39, 0.29) is 0 Å². The van der Waals surface area contributed by atoms with Gasteiger partial charge in [0.05, 0.1) is 11.4 Å². The minimum absolute atomic E-state index is 0.616. The van der Waals surface area contributed by atoms with Crippen molar-refractivity contribution in [3.8, 4) is 79.2 Å². The molecule has 12 rings (SSSR count). The van der Waals surface area contributed by atoms with E-state index in [1.54, 1.807) is 6.20 Å². The molecule has 0 saturated heterocycles. The van der Waals surface area contributed by atoms with Gasteiger partial charge >= 0.3 is 0 Å². The molecule has 0 radical (unpaired) electrons. The van der Waals surface area contributed by atoms with Crippen LogP contribution in [0.1, 0.15) is 24.3 Å². The lowest BCUT2D eigenvalue weighted by Gasteiger charge is -2.73. The average molecular weight is 759 g/mol. The molecule has 9 aromatic rings. The predicted octanol–water partition coefficient (Wildman–Crippen LogP) is 12.2. The minimum Gasteiger partial charge on any atom is -0.264 e. The van der Waals surface area contributed by atoms with Crippen molar-refractivity contribution in [3.05, 3.63) is 182 Å². The van der Waals surface area contributed by atoms with Gasteiger partial charge in [-0.1, -0.05) is 133 Å². The van der Waals surface area contributed by atoms with Crippen LogP contribution in [0.25, 0.3) is 90.0 Å². The summed E-state index contributed by atoms with van der Waals surface area (Å²) in [6, 6.07) is 57.0. The van der Waals surface area contributed by atoms with Gasteiger partial charge in [0, 0.05) is 51.3 Å². The van der Waals surface area contributed by atoms with Gasteiger partial charge < -0.3 is 0 Å². The van der Waals surface area contributed by atoms with Crippen LogP contribution in [0.4, 0.5) is 0 Å². The summed E-state index contributed by atoms with van der Waals surface area (Å²) in [5.74, 6) is 7.25. The zero-order valence-corrected chi connectivity index (χ0v) is 32.2. The summed E-state index contributed by atoms with van der Waals surface area (Å²) < 4.78 is 0. The lowest BCUT2D eigenvalue weighted by molar-refractivity contribution is -0.214. The maximum Gasteiger partial charge on any atom is 0.164 e. The van der Waals surface area contributed by atoms with Crippen molar-refractivity contribution in [2.75, 3.05) is 0 Å². The first kappa shape index (κ1) is 33.9. The van der Waals surface area contributed by atoms with E-state index >= 15 is 0 Å². The third-order valence-electron chi connectivity index (χ3n) is 13.1. The highest BCUT2D eigenvalue weighted by atomic mass is 15.0. The Labute approximate surface area is 342 Å². The molecule has 0 aliphatic heterocycles. The Balaban J connectivity index is 0.903. The predicted molar refractivity (Wildman–Crippen MR) is 235 cm³/mol. The molecule has 280 valence electrons. The van der Waals surface area contributed by atoms with E-state index in [0.29, 0.717) is 17.5 Å². The fraction of sp³-hybridized carbons (Fsp3) is 0.132. The Morgan fingerprint density at radius 2 is 0.898 bits per heavy atom. The minimum atomic E-state index is 0.616. The zero-order valence-electron chi connectivity index (χ0n) is 32.2. The van der Waals surface area contributed by atoms with Crippen LogP contribution in [0.15, 0.2) is 176 Å². The van der Waals surface area contributed by atoms with E-state index in [1.807, 2.05) is 60.8 Å². The van der Waals surface area contributed by atoms with Crippen LogP contribution < -0.4 is 0 Å². The first-order chi connectivity index (χ1) is 29.2. The van der Waals surface area contributed by atoms with E-state index in [0.717, 1.165) is 102 Å². The number of benzene rings is 6. The fourth-order valence-electron chi connectivity index (χ4n) is 10.1. The van der Waals surface area contributed by atoms with E-state index in [1.165, 1.54) is 18.4 Å². The second-order valence-electron chi connectivity index (χ2n) is 16.4. The van der Waals surface area contributed by atoms with Gasteiger partial charge in [0.2, 0.25) is 0 Å². The SMILES string of the molecule is c1ccc(-c2cc(-c3ccc4cc(-c5nc(-c6ccccc6)nc(-c6cccc(-c7cccnc7)c6)n5)ccc4c3)nc(-c3ccc(C4C5CC6CC4C65)cc3)n2)cc1. The summed E-state index contributed by atoms with van der Waals surface area (Å²) in [7, 11) is 0. The fourth-order valence-corrected chi connectivity index (χ4v) is 10.1. The molecule has 0 amide bonds. The van der Waals surface area contributed by atoms with E-state index < -0.39 is 0 Å². The Hall–Kier alpha value is -7.18. The Bertz CT molecular complexity index is 3010.